The summed E-state index contributed by atoms with van der Waals surface area (Å²) < 4.78 is 12.8. The highest BCUT2D eigenvalue weighted by molar-refractivity contribution is 5.28. The summed E-state index contributed by atoms with van der Waals surface area (Å²) in [5.41, 5.74) is 0.911. The second-order valence-electron chi connectivity index (χ2n) is 2.89. The highest BCUT2D eigenvalue weighted by Gasteiger charge is 1.99. The third-order valence-electron chi connectivity index (χ3n) is 1.85. The molecule has 0 aliphatic rings. The van der Waals surface area contributed by atoms with Gasteiger partial charge in [0.15, 0.2) is 11.6 Å². The summed E-state index contributed by atoms with van der Waals surface area (Å²) in [6.07, 6.45) is 5.71. The van der Waals surface area contributed by atoms with Crippen LogP contribution in [0.1, 0.15) is 18.9 Å². The molecule has 0 radical (unpaired) electrons. The standard InChI is InChI=1S/C11H13FO/c1-2-3-4-5-9-6-7-11(13)10(12)8-9/h2-3,6-8,13H,4-5H2,1H3/b3-2+. The van der Waals surface area contributed by atoms with E-state index in [1.165, 1.54) is 12.1 Å². The topological polar surface area (TPSA) is 20.2 Å². The Morgan fingerprint density at radius 3 is 2.85 bits per heavy atom. The Bertz CT molecular complexity index is 305. The van der Waals surface area contributed by atoms with Crippen LogP contribution in [-0.4, -0.2) is 5.11 Å². The average molecular weight is 180 g/mol. The van der Waals surface area contributed by atoms with Crippen LogP contribution in [0.3, 0.4) is 0 Å². The molecule has 0 aliphatic carbocycles. The lowest BCUT2D eigenvalue weighted by Crippen LogP contribution is -1.85. The van der Waals surface area contributed by atoms with Crippen molar-refractivity contribution in [2.75, 3.05) is 0 Å². The fourth-order valence-electron chi connectivity index (χ4n) is 1.12. The van der Waals surface area contributed by atoms with Gasteiger partial charge < -0.3 is 5.11 Å². The summed E-state index contributed by atoms with van der Waals surface area (Å²) >= 11 is 0. The average Bonchev–Trinajstić information content (AvgIpc) is 2.12. The molecule has 2 heteroatoms. The lowest BCUT2D eigenvalue weighted by Gasteiger charge is -1.99. The number of aryl methyl sites for hydroxylation is 1. The van der Waals surface area contributed by atoms with Crippen LogP contribution in [-0.2, 0) is 6.42 Å². The van der Waals surface area contributed by atoms with Gasteiger partial charge in [0.2, 0.25) is 0 Å². The van der Waals surface area contributed by atoms with E-state index in [2.05, 4.69) is 0 Å². The molecule has 70 valence electrons. The van der Waals surface area contributed by atoms with Crippen molar-refractivity contribution in [3.63, 3.8) is 0 Å². The van der Waals surface area contributed by atoms with E-state index in [0.717, 1.165) is 18.4 Å². The Hall–Kier alpha value is -1.31. The molecule has 1 aromatic carbocycles. The zero-order valence-electron chi connectivity index (χ0n) is 7.63. The molecule has 0 bridgehead atoms. The largest absolute Gasteiger partial charge is 0.505 e. The van der Waals surface area contributed by atoms with Crippen molar-refractivity contribution in [3.05, 3.63) is 41.7 Å². The number of hydrogen-bond acceptors (Lipinski definition) is 1. The second-order valence-corrected chi connectivity index (χ2v) is 2.89. The van der Waals surface area contributed by atoms with Crippen LogP contribution in [0.15, 0.2) is 30.4 Å². The summed E-state index contributed by atoms with van der Waals surface area (Å²) in [7, 11) is 0. The van der Waals surface area contributed by atoms with Crippen LogP contribution in [0.2, 0.25) is 0 Å². The van der Waals surface area contributed by atoms with Crippen LogP contribution in [0.5, 0.6) is 5.75 Å². The lowest BCUT2D eigenvalue weighted by atomic mass is 10.1. The third kappa shape index (κ3) is 2.90. The zero-order valence-corrected chi connectivity index (χ0v) is 7.63. The van der Waals surface area contributed by atoms with Gasteiger partial charge in [0.1, 0.15) is 0 Å². The molecular weight excluding hydrogens is 167 g/mol. The van der Waals surface area contributed by atoms with Crippen LogP contribution >= 0.6 is 0 Å². The molecule has 1 rings (SSSR count). The molecule has 0 fully saturated rings. The van der Waals surface area contributed by atoms with E-state index in [1.807, 2.05) is 19.1 Å². The molecule has 13 heavy (non-hydrogen) atoms. The number of hydrogen-bond donors (Lipinski definition) is 1. The Kier molecular flexibility index (Phi) is 3.50. The van der Waals surface area contributed by atoms with Gasteiger partial charge in [-0.15, -0.1) is 0 Å². The van der Waals surface area contributed by atoms with Crippen molar-refractivity contribution in [2.24, 2.45) is 0 Å². The third-order valence-corrected chi connectivity index (χ3v) is 1.85. The molecule has 0 spiro atoms. The molecule has 0 saturated carbocycles. The molecule has 0 aliphatic heterocycles. The molecule has 0 saturated heterocycles. The fraction of sp³-hybridized carbons (Fsp3) is 0.273. The first-order valence-corrected chi connectivity index (χ1v) is 4.32. The number of aromatic hydroxyl groups is 1. The van der Waals surface area contributed by atoms with Crippen molar-refractivity contribution < 1.29 is 9.50 Å². The fourth-order valence-corrected chi connectivity index (χ4v) is 1.12. The number of halogens is 1. The number of phenolic OH excluding ortho intramolecular Hbond substituents is 1. The summed E-state index contributed by atoms with van der Waals surface area (Å²) in [6.45, 7) is 1.96. The maximum atomic E-state index is 12.8. The highest BCUT2D eigenvalue weighted by Crippen LogP contribution is 2.16. The maximum absolute atomic E-state index is 12.8. The van der Waals surface area contributed by atoms with Gasteiger partial charge in [-0.25, -0.2) is 4.39 Å². The SMILES string of the molecule is C/C=C/CCc1ccc(O)c(F)c1. The molecule has 0 heterocycles. The van der Waals surface area contributed by atoms with Gasteiger partial charge >= 0.3 is 0 Å². The van der Waals surface area contributed by atoms with Crippen LogP contribution in [0, 0.1) is 5.82 Å². The molecule has 0 amide bonds. The number of allylic oxidation sites excluding steroid dienone is 2. The molecule has 1 nitrogen and oxygen atoms in total. The number of benzene rings is 1. The van der Waals surface area contributed by atoms with Crippen molar-refractivity contribution in [1.82, 2.24) is 0 Å². The smallest absolute Gasteiger partial charge is 0.165 e. The van der Waals surface area contributed by atoms with Gasteiger partial charge in [0, 0.05) is 0 Å². The first-order chi connectivity index (χ1) is 6.24. The molecule has 1 aromatic rings. The van der Waals surface area contributed by atoms with Gasteiger partial charge in [0.05, 0.1) is 0 Å². The van der Waals surface area contributed by atoms with E-state index < -0.39 is 5.82 Å². The predicted molar refractivity (Wildman–Crippen MR) is 51.2 cm³/mol. The summed E-state index contributed by atoms with van der Waals surface area (Å²) in [4.78, 5) is 0. The lowest BCUT2D eigenvalue weighted by molar-refractivity contribution is 0.432. The van der Waals surface area contributed by atoms with Gasteiger partial charge in [-0.05, 0) is 37.5 Å². The number of rotatable bonds is 3. The first-order valence-electron chi connectivity index (χ1n) is 4.32. The van der Waals surface area contributed by atoms with Gasteiger partial charge in [0.25, 0.3) is 0 Å². The normalized spacial score (nSPS) is 10.9. The molecule has 0 unspecified atom stereocenters. The minimum absolute atomic E-state index is 0.283. The van der Waals surface area contributed by atoms with E-state index in [4.69, 9.17) is 5.11 Å². The van der Waals surface area contributed by atoms with Crippen molar-refractivity contribution in [2.45, 2.75) is 19.8 Å². The second kappa shape index (κ2) is 4.65. The molecule has 0 atom stereocenters. The molecule has 0 aromatic heterocycles. The van der Waals surface area contributed by atoms with Gasteiger partial charge in [-0.3, -0.25) is 0 Å². The van der Waals surface area contributed by atoms with E-state index in [1.54, 1.807) is 6.07 Å². The van der Waals surface area contributed by atoms with Crippen molar-refractivity contribution in [3.8, 4) is 5.75 Å². The van der Waals surface area contributed by atoms with E-state index in [9.17, 15) is 4.39 Å². The number of phenols is 1. The van der Waals surface area contributed by atoms with Gasteiger partial charge in [-0.2, -0.15) is 0 Å². The Labute approximate surface area is 77.5 Å². The van der Waals surface area contributed by atoms with Crippen LogP contribution < -0.4 is 0 Å². The van der Waals surface area contributed by atoms with Crippen molar-refractivity contribution in [1.29, 1.82) is 0 Å². The minimum Gasteiger partial charge on any atom is -0.505 e. The minimum atomic E-state index is -0.544. The van der Waals surface area contributed by atoms with E-state index in [0.29, 0.717) is 0 Å². The molecular formula is C11H13FO. The highest BCUT2D eigenvalue weighted by atomic mass is 19.1. The Balaban J connectivity index is 2.63. The van der Waals surface area contributed by atoms with Crippen LogP contribution in [0.4, 0.5) is 4.39 Å². The maximum Gasteiger partial charge on any atom is 0.165 e. The summed E-state index contributed by atoms with van der Waals surface area (Å²) in [5, 5.41) is 8.93. The Morgan fingerprint density at radius 2 is 2.23 bits per heavy atom. The van der Waals surface area contributed by atoms with Gasteiger partial charge in [-0.1, -0.05) is 18.2 Å². The Morgan fingerprint density at radius 1 is 1.46 bits per heavy atom. The monoisotopic (exact) mass is 180 g/mol. The van der Waals surface area contributed by atoms with E-state index >= 15 is 0 Å². The summed E-state index contributed by atoms with van der Waals surface area (Å²) in [6, 6.07) is 4.50. The van der Waals surface area contributed by atoms with Crippen LogP contribution in [0.25, 0.3) is 0 Å². The van der Waals surface area contributed by atoms with Crippen molar-refractivity contribution >= 4 is 0 Å². The molecule has 1 N–H and O–H groups in total. The predicted octanol–water partition coefficient (Wildman–Crippen LogP) is 3.04. The zero-order chi connectivity index (χ0) is 9.68. The van der Waals surface area contributed by atoms with E-state index in [-0.39, 0.29) is 5.75 Å². The first kappa shape index (κ1) is 9.78. The summed E-state index contributed by atoms with van der Waals surface area (Å²) in [5.74, 6) is -0.826. The quantitative estimate of drug-likeness (QED) is 0.709.